The van der Waals surface area contributed by atoms with Crippen molar-refractivity contribution in [3.63, 3.8) is 0 Å². The molecule has 1 aromatic heterocycles. The maximum Gasteiger partial charge on any atom is 0.0577 e. The number of rotatable bonds is 6. The maximum absolute atomic E-state index is 11.6. The van der Waals surface area contributed by atoms with E-state index in [0.29, 0.717) is 24.7 Å². The van der Waals surface area contributed by atoms with Crippen LogP contribution in [0.1, 0.15) is 11.3 Å². The van der Waals surface area contributed by atoms with E-state index in [9.17, 15) is 4.21 Å². The average molecular weight is 228 g/mol. The largest absolute Gasteiger partial charge is 0.384 e. The summed E-state index contributed by atoms with van der Waals surface area (Å²) in [6.07, 6.45) is 1.70. The molecular formula is C10H16N2O2S. The quantitative estimate of drug-likeness (QED) is 0.767. The Morgan fingerprint density at radius 1 is 1.60 bits per heavy atom. The van der Waals surface area contributed by atoms with Crippen LogP contribution in [0.3, 0.4) is 0 Å². The Kier molecular flexibility index (Phi) is 5.45. The summed E-state index contributed by atoms with van der Waals surface area (Å²) in [4.78, 5) is 4.08. The van der Waals surface area contributed by atoms with E-state index in [1.54, 1.807) is 13.3 Å². The number of aromatic nitrogens is 1. The van der Waals surface area contributed by atoms with E-state index in [0.717, 1.165) is 11.3 Å². The predicted molar refractivity (Wildman–Crippen MR) is 60.7 cm³/mol. The second-order valence-electron chi connectivity index (χ2n) is 3.14. The molecule has 0 radical (unpaired) electrons. The molecule has 0 spiro atoms. The summed E-state index contributed by atoms with van der Waals surface area (Å²) in [5.41, 5.74) is 7.31. The van der Waals surface area contributed by atoms with Crippen LogP contribution in [0, 0.1) is 0 Å². The average Bonchev–Trinajstić information content (AvgIpc) is 2.26. The molecule has 0 aliphatic rings. The summed E-state index contributed by atoms with van der Waals surface area (Å²) in [7, 11) is 0.733. The molecule has 2 N–H and O–H groups in total. The topological polar surface area (TPSA) is 65.2 Å². The van der Waals surface area contributed by atoms with Crippen molar-refractivity contribution in [2.75, 3.05) is 19.5 Å². The first kappa shape index (κ1) is 12.3. The van der Waals surface area contributed by atoms with Crippen molar-refractivity contribution >= 4 is 10.8 Å². The molecule has 0 fully saturated rings. The van der Waals surface area contributed by atoms with E-state index in [1.165, 1.54) is 0 Å². The number of pyridine rings is 1. The molecule has 0 saturated heterocycles. The van der Waals surface area contributed by atoms with Crippen LogP contribution in [-0.4, -0.2) is 28.7 Å². The third-order valence-corrected chi connectivity index (χ3v) is 3.21. The molecule has 84 valence electrons. The molecule has 0 aliphatic carbocycles. The van der Waals surface area contributed by atoms with Crippen LogP contribution >= 0.6 is 0 Å². The van der Waals surface area contributed by atoms with Crippen LogP contribution in [0.25, 0.3) is 0 Å². The molecule has 0 amide bonds. The fourth-order valence-electron chi connectivity index (χ4n) is 1.16. The number of hydrogen-bond donors (Lipinski definition) is 1. The summed E-state index contributed by atoms with van der Waals surface area (Å²) in [6.45, 7) is 0.944. The van der Waals surface area contributed by atoms with Gasteiger partial charge < -0.3 is 10.5 Å². The highest BCUT2D eigenvalue weighted by atomic mass is 32.2. The summed E-state index contributed by atoms with van der Waals surface area (Å²) < 4.78 is 16.4. The fraction of sp³-hybridized carbons (Fsp3) is 0.500. The Hall–Kier alpha value is -0.780. The predicted octanol–water partition coefficient (Wildman–Crippen LogP) is 0.435. The molecule has 4 nitrogen and oxygen atoms in total. The summed E-state index contributed by atoms with van der Waals surface area (Å²) >= 11 is 0. The highest BCUT2D eigenvalue weighted by molar-refractivity contribution is 7.84. The first-order valence-electron chi connectivity index (χ1n) is 4.74. The van der Waals surface area contributed by atoms with Gasteiger partial charge in [-0.05, 0) is 17.7 Å². The van der Waals surface area contributed by atoms with Crippen molar-refractivity contribution in [2.24, 2.45) is 5.73 Å². The monoisotopic (exact) mass is 228 g/mol. The lowest BCUT2D eigenvalue weighted by atomic mass is 10.2. The third-order valence-electron chi connectivity index (χ3n) is 1.93. The molecule has 1 rings (SSSR count). The van der Waals surface area contributed by atoms with E-state index in [4.69, 9.17) is 10.5 Å². The molecule has 5 heteroatoms. The van der Waals surface area contributed by atoms with Gasteiger partial charge >= 0.3 is 0 Å². The van der Waals surface area contributed by atoms with Crippen molar-refractivity contribution < 1.29 is 8.95 Å². The van der Waals surface area contributed by atoms with E-state index in [-0.39, 0.29) is 0 Å². The van der Waals surface area contributed by atoms with E-state index in [1.807, 2.05) is 12.1 Å². The molecule has 15 heavy (non-hydrogen) atoms. The van der Waals surface area contributed by atoms with Gasteiger partial charge in [-0.25, -0.2) is 0 Å². The number of nitrogens with zero attached hydrogens (tertiary/aromatic N) is 1. The number of ether oxygens (including phenoxy) is 1. The zero-order chi connectivity index (χ0) is 11.1. The highest BCUT2D eigenvalue weighted by Gasteiger charge is 2.02. The van der Waals surface area contributed by atoms with Crippen LogP contribution < -0.4 is 5.73 Å². The zero-order valence-electron chi connectivity index (χ0n) is 8.81. The lowest BCUT2D eigenvalue weighted by molar-refractivity contribution is 0.218. The van der Waals surface area contributed by atoms with Crippen molar-refractivity contribution in [1.29, 1.82) is 0 Å². The summed E-state index contributed by atoms with van der Waals surface area (Å²) in [6, 6.07) is 3.76. The molecule has 0 aliphatic heterocycles. The van der Waals surface area contributed by atoms with Crippen molar-refractivity contribution in [1.82, 2.24) is 4.98 Å². The van der Waals surface area contributed by atoms with Gasteiger partial charge in [0.1, 0.15) is 0 Å². The zero-order valence-corrected chi connectivity index (χ0v) is 9.63. The molecule has 1 atom stereocenters. The van der Waals surface area contributed by atoms with Crippen LogP contribution in [0.15, 0.2) is 18.3 Å². The molecular weight excluding hydrogens is 212 g/mol. The lowest BCUT2D eigenvalue weighted by Crippen LogP contribution is -2.07. The summed E-state index contributed by atoms with van der Waals surface area (Å²) in [5.74, 6) is 1.11. The van der Waals surface area contributed by atoms with Gasteiger partial charge in [-0.2, -0.15) is 0 Å². The third kappa shape index (κ3) is 4.51. The molecule has 0 aromatic carbocycles. The summed E-state index contributed by atoms with van der Waals surface area (Å²) in [5, 5.41) is 0. The molecule has 1 heterocycles. The highest BCUT2D eigenvalue weighted by Crippen LogP contribution is 2.05. The smallest absolute Gasteiger partial charge is 0.0577 e. The Labute approximate surface area is 92.3 Å². The first-order chi connectivity index (χ1) is 7.26. The SMILES string of the molecule is COCCS(=O)Cc1ccnc(CN)c1. The van der Waals surface area contributed by atoms with E-state index < -0.39 is 10.8 Å². The van der Waals surface area contributed by atoms with Gasteiger partial charge in [0.25, 0.3) is 0 Å². The van der Waals surface area contributed by atoms with Crippen molar-refractivity contribution in [3.05, 3.63) is 29.6 Å². The number of hydrogen-bond acceptors (Lipinski definition) is 4. The van der Waals surface area contributed by atoms with Gasteiger partial charge in [0.2, 0.25) is 0 Å². The second kappa shape index (κ2) is 6.66. The van der Waals surface area contributed by atoms with Gasteiger partial charge in [0.05, 0.1) is 12.3 Å². The van der Waals surface area contributed by atoms with E-state index >= 15 is 0 Å². The second-order valence-corrected chi connectivity index (χ2v) is 4.72. The molecule has 0 saturated carbocycles. The Morgan fingerprint density at radius 3 is 3.07 bits per heavy atom. The maximum atomic E-state index is 11.6. The lowest BCUT2D eigenvalue weighted by Gasteiger charge is -2.03. The Balaban J connectivity index is 2.52. The van der Waals surface area contributed by atoms with Crippen LogP contribution in [-0.2, 0) is 27.8 Å². The standard InChI is InChI=1S/C10H16N2O2S/c1-14-4-5-15(13)8-9-2-3-12-10(6-9)7-11/h2-3,6H,4-5,7-8,11H2,1H3. The normalized spacial score (nSPS) is 12.7. The van der Waals surface area contributed by atoms with Crippen molar-refractivity contribution in [2.45, 2.75) is 12.3 Å². The van der Waals surface area contributed by atoms with Gasteiger partial charge in [-0.15, -0.1) is 0 Å². The first-order valence-corrected chi connectivity index (χ1v) is 6.23. The van der Waals surface area contributed by atoms with E-state index in [2.05, 4.69) is 4.98 Å². The van der Waals surface area contributed by atoms with Gasteiger partial charge in [-0.1, -0.05) is 0 Å². The molecule has 0 bridgehead atoms. The minimum atomic E-state index is -0.875. The van der Waals surface area contributed by atoms with Gasteiger partial charge in [0, 0.05) is 42.2 Å². The van der Waals surface area contributed by atoms with Crippen LogP contribution in [0.2, 0.25) is 0 Å². The van der Waals surface area contributed by atoms with Crippen LogP contribution in [0.5, 0.6) is 0 Å². The number of nitrogens with two attached hydrogens (primary N) is 1. The Bertz CT molecular complexity index is 331. The fourth-order valence-corrected chi connectivity index (χ4v) is 2.21. The minimum Gasteiger partial charge on any atom is -0.384 e. The van der Waals surface area contributed by atoms with Gasteiger partial charge in [0.15, 0.2) is 0 Å². The molecule has 1 unspecified atom stereocenters. The number of methoxy groups -OCH3 is 1. The minimum absolute atomic E-state index is 0.415. The van der Waals surface area contributed by atoms with Crippen molar-refractivity contribution in [3.8, 4) is 0 Å². The van der Waals surface area contributed by atoms with Gasteiger partial charge in [-0.3, -0.25) is 9.19 Å². The molecule has 1 aromatic rings. The van der Waals surface area contributed by atoms with Crippen LogP contribution in [0.4, 0.5) is 0 Å². The Morgan fingerprint density at radius 2 is 2.40 bits per heavy atom.